The van der Waals surface area contributed by atoms with Crippen molar-refractivity contribution < 1.29 is 22.4 Å². The van der Waals surface area contributed by atoms with Gasteiger partial charge in [-0.05, 0) is 31.0 Å². The lowest BCUT2D eigenvalue weighted by atomic mass is 10.1. The molecule has 2 rings (SSSR count). The van der Waals surface area contributed by atoms with E-state index < -0.39 is 27.3 Å². The minimum Gasteiger partial charge on any atom is -0.304 e. The molecule has 0 fully saturated rings. The largest absolute Gasteiger partial charge is 0.304 e. The third kappa shape index (κ3) is 2.72. The predicted molar refractivity (Wildman–Crippen MR) is 72.1 cm³/mol. The Kier molecular flexibility index (Phi) is 3.64. The molecule has 0 unspecified atom stereocenters. The highest BCUT2D eigenvalue weighted by atomic mass is 32.2. The second-order valence-corrected chi connectivity index (χ2v) is 7.15. The molecule has 0 N–H and O–H groups in total. The number of nitrogens with zero attached hydrogens (tertiary/aromatic N) is 1. The number of sulfone groups is 1. The lowest BCUT2D eigenvalue weighted by molar-refractivity contribution is -0.114. The molecule has 0 saturated heterocycles. The number of halogens is 1. The molecule has 0 spiro atoms. The summed E-state index contributed by atoms with van der Waals surface area (Å²) in [6.45, 7) is 1.73. The SMILES string of the molecule is Cc1cc(F)cc2c1N(CCCS(C)(=O)=O)C(=O)C2=O. The fraction of sp³-hybridized carbons (Fsp3) is 0.385. The van der Waals surface area contributed by atoms with Crippen LogP contribution in [0, 0.1) is 12.7 Å². The maximum absolute atomic E-state index is 13.3. The molecule has 0 aliphatic carbocycles. The first-order valence-electron chi connectivity index (χ1n) is 6.05. The second-order valence-electron chi connectivity index (χ2n) is 4.89. The van der Waals surface area contributed by atoms with Crippen LogP contribution in [0.4, 0.5) is 10.1 Å². The van der Waals surface area contributed by atoms with E-state index in [1.807, 2.05) is 0 Å². The molecular formula is C13H14FNO4S. The fourth-order valence-corrected chi connectivity index (χ4v) is 2.96. The van der Waals surface area contributed by atoms with E-state index in [2.05, 4.69) is 0 Å². The van der Waals surface area contributed by atoms with E-state index in [0.717, 1.165) is 12.3 Å². The van der Waals surface area contributed by atoms with Crippen molar-refractivity contribution in [2.24, 2.45) is 0 Å². The monoisotopic (exact) mass is 299 g/mol. The molecule has 1 amide bonds. The van der Waals surface area contributed by atoms with Gasteiger partial charge < -0.3 is 4.90 Å². The maximum atomic E-state index is 13.3. The van der Waals surface area contributed by atoms with Crippen molar-refractivity contribution in [2.75, 3.05) is 23.5 Å². The summed E-state index contributed by atoms with van der Waals surface area (Å²) in [5.41, 5.74) is 0.917. The van der Waals surface area contributed by atoms with Gasteiger partial charge in [-0.3, -0.25) is 9.59 Å². The molecule has 0 radical (unpaired) electrons. The van der Waals surface area contributed by atoms with Crippen molar-refractivity contribution in [3.63, 3.8) is 0 Å². The normalized spacial score (nSPS) is 14.8. The van der Waals surface area contributed by atoms with E-state index in [-0.39, 0.29) is 24.3 Å². The number of amides is 1. The summed E-state index contributed by atoms with van der Waals surface area (Å²) in [5, 5.41) is 0. The number of hydrogen-bond donors (Lipinski definition) is 0. The van der Waals surface area contributed by atoms with Crippen molar-refractivity contribution in [2.45, 2.75) is 13.3 Å². The van der Waals surface area contributed by atoms with Crippen molar-refractivity contribution in [3.8, 4) is 0 Å². The summed E-state index contributed by atoms with van der Waals surface area (Å²) < 4.78 is 35.5. The Balaban J connectivity index is 2.29. The average molecular weight is 299 g/mol. The molecule has 1 aromatic carbocycles. The molecule has 5 nitrogen and oxygen atoms in total. The number of aryl methyl sites for hydroxylation is 1. The van der Waals surface area contributed by atoms with Gasteiger partial charge in [0.2, 0.25) is 0 Å². The zero-order valence-electron chi connectivity index (χ0n) is 11.1. The van der Waals surface area contributed by atoms with Gasteiger partial charge in [-0.1, -0.05) is 0 Å². The number of fused-ring (bicyclic) bond motifs is 1. The molecule has 7 heteroatoms. The first-order valence-corrected chi connectivity index (χ1v) is 8.11. The Morgan fingerprint density at radius 1 is 1.25 bits per heavy atom. The molecule has 1 aliphatic rings. The van der Waals surface area contributed by atoms with E-state index in [1.54, 1.807) is 6.92 Å². The summed E-state index contributed by atoms with van der Waals surface area (Å²) >= 11 is 0. The minimum absolute atomic E-state index is 0.0480. The van der Waals surface area contributed by atoms with Gasteiger partial charge in [0.05, 0.1) is 17.0 Å². The number of Topliss-reactive ketones (excluding diaryl/α,β-unsaturated/α-hetero) is 1. The smallest absolute Gasteiger partial charge is 0.299 e. The van der Waals surface area contributed by atoms with Crippen LogP contribution < -0.4 is 4.90 Å². The molecule has 1 aromatic rings. The molecule has 0 bridgehead atoms. The minimum atomic E-state index is -3.12. The standard InChI is InChI=1S/C13H14FNO4S/c1-8-6-9(14)7-10-11(8)15(13(17)12(10)16)4-3-5-20(2,18)19/h6-7H,3-5H2,1-2H3. The lowest BCUT2D eigenvalue weighted by Gasteiger charge is -2.18. The van der Waals surface area contributed by atoms with Crippen LogP contribution in [0.2, 0.25) is 0 Å². The first-order chi connectivity index (χ1) is 9.20. The van der Waals surface area contributed by atoms with Crippen molar-refractivity contribution in [1.29, 1.82) is 0 Å². The first kappa shape index (κ1) is 14.6. The molecule has 0 aromatic heterocycles. The number of anilines is 1. The van der Waals surface area contributed by atoms with Gasteiger partial charge >= 0.3 is 0 Å². The van der Waals surface area contributed by atoms with Crippen molar-refractivity contribution >= 4 is 27.2 Å². The van der Waals surface area contributed by atoms with Gasteiger partial charge in [-0.25, -0.2) is 12.8 Å². The van der Waals surface area contributed by atoms with Gasteiger partial charge in [0.25, 0.3) is 11.7 Å². The molecular weight excluding hydrogens is 285 g/mol. The lowest BCUT2D eigenvalue weighted by Crippen LogP contribution is -2.31. The zero-order chi connectivity index (χ0) is 15.1. The van der Waals surface area contributed by atoms with Crippen LogP contribution in [0.15, 0.2) is 12.1 Å². The average Bonchev–Trinajstić information content (AvgIpc) is 2.53. The van der Waals surface area contributed by atoms with Crippen LogP contribution in [0.25, 0.3) is 0 Å². The number of carbonyl (C=O) groups is 2. The molecule has 1 aliphatic heterocycles. The van der Waals surface area contributed by atoms with Crippen LogP contribution in [-0.2, 0) is 14.6 Å². The topological polar surface area (TPSA) is 71.5 Å². The van der Waals surface area contributed by atoms with Crippen LogP contribution in [0.3, 0.4) is 0 Å². The van der Waals surface area contributed by atoms with Crippen LogP contribution >= 0.6 is 0 Å². The van der Waals surface area contributed by atoms with E-state index in [9.17, 15) is 22.4 Å². The van der Waals surface area contributed by atoms with E-state index in [1.165, 1.54) is 11.0 Å². The highest BCUT2D eigenvalue weighted by molar-refractivity contribution is 7.90. The Labute approximate surface area is 116 Å². The van der Waals surface area contributed by atoms with E-state index in [4.69, 9.17) is 0 Å². The molecule has 0 atom stereocenters. The molecule has 108 valence electrons. The number of carbonyl (C=O) groups excluding carboxylic acids is 2. The maximum Gasteiger partial charge on any atom is 0.299 e. The number of hydrogen-bond acceptors (Lipinski definition) is 4. The predicted octanol–water partition coefficient (Wildman–Crippen LogP) is 1.10. The summed E-state index contributed by atoms with van der Waals surface area (Å²) in [6, 6.07) is 2.29. The van der Waals surface area contributed by atoms with Crippen molar-refractivity contribution in [1.82, 2.24) is 0 Å². The van der Waals surface area contributed by atoms with Gasteiger partial charge in [0.15, 0.2) is 0 Å². The number of rotatable bonds is 4. The van der Waals surface area contributed by atoms with E-state index >= 15 is 0 Å². The summed E-state index contributed by atoms with van der Waals surface area (Å²) in [6.07, 6.45) is 1.34. The highest BCUT2D eigenvalue weighted by Gasteiger charge is 2.37. The Bertz CT molecular complexity index is 697. The third-order valence-corrected chi connectivity index (χ3v) is 4.15. The summed E-state index contributed by atoms with van der Waals surface area (Å²) in [5.74, 6) is -2.12. The van der Waals surface area contributed by atoms with Crippen molar-refractivity contribution in [3.05, 3.63) is 29.1 Å². The van der Waals surface area contributed by atoms with Crippen LogP contribution in [-0.4, -0.2) is 38.7 Å². The third-order valence-electron chi connectivity index (χ3n) is 3.12. The van der Waals surface area contributed by atoms with Gasteiger partial charge in [-0.15, -0.1) is 0 Å². The molecule has 0 saturated carbocycles. The Hall–Kier alpha value is -1.76. The molecule has 1 heterocycles. The number of benzene rings is 1. The second kappa shape index (κ2) is 4.97. The zero-order valence-corrected chi connectivity index (χ0v) is 12.0. The molecule has 20 heavy (non-hydrogen) atoms. The van der Waals surface area contributed by atoms with E-state index in [0.29, 0.717) is 11.3 Å². The van der Waals surface area contributed by atoms with Gasteiger partial charge in [0, 0.05) is 12.8 Å². The van der Waals surface area contributed by atoms with Gasteiger partial charge in [0.1, 0.15) is 15.7 Å². The highest BCUT2D eigenvalue weighted by Crippen LogP contribution is 2.33. The van der Waals surface area contributed by atoms with Gasteiger partial charge in [-0.2, -0.15) is 0 Å². The Morgan fingerprint density at radius 3 is 2.50 bits per heavy atom. The Morgan fingerprint density at radius 2 is 1.90 bits per heavy atom. The van der Waals surface area contributed by atoms with Crippen LogP contribution in [0.1, 0.15) is 22.3 Å². The summed E-state index contributed by atoms with van der Waals surface area (Å²) in [4.78, 5) is 24.9. The number of ketones is 1. The van der Waals surface area contributed by atoms with Crippen LogP contribution in [0.5, 0.6) is 0 Å². The quantitative estimate of drug-likeness (QED) is 0.781. The fourth-order valence-electron chi connectivity index (χ4n) is 2.30. The summed E-state index contributed by atoms with van der Waals surface area (Å²) in [7, 11) is -3.12.